The molecule has 2 unspecified atom stereocenters. The van der Waals surface area contributed by atoms with Gasteiger partial charge in [-0.1, -0.05) is 0 Å². The molecule has 0 bridgehead atoms. The molecule has 0 spiro atoms. The zero-order chi connectivity index (χ0) is 20.4. The first-order valence-corrected chi connectivity index (χ1v) is 9.25. The van der Waals surface area contributed by atoms with Crippen LogP contribution in [0.15, 0.2) is 34.9 Å². The Bertz CT molecular complexity index is 902. The predicted octanol–water partition coefficient (Wildman–Crippen LogP) is 4.08. The number of rotatable bonds is 4. The first-order chi connectivity index (χ1) is 13.3. The van der Waals surface area contributed by atoms with Crippen LogP contribution in [0, 0.1) is 0 Å². The van der Waals surface area contributed by atoms with Gasteiger partial charge in [0, 0.05) is 24.2 Å². The van der Waals surface area contributed by atoms with Crippen molar-refractivity contribution >= 4 is 24.0 Å². The average Bonchev–Trinajstić information content (AvgIpc) is 3.09. The third-order valence-electron chi connectivity index (χ3n) is 4.69. The summed E-state index contributed by atoms with van der Waals surface area (Å²) < 4.78 is 10.7. The molecule has 7 nitrogen and oxygen atoms in total. The van der Waals surface area contributed by atoms with Crippen LogP contribution in [-0.4, -0.2) is 30.4 Å². The molecule has 2 heterocycles. The molecule has 2 amide bonds. The lowest BCUT2D eigenvalue weighted by Gasteiger charge is -2.39. The molecule has 0 fully saturated rings. The van der Waals surface area contributed by atoms with Crippen LogP contribution >= 0.6 is 0 Å². The topological polar surface area (TPSA) is 88.9 Å². The van der Waals surface area contributed by atoms with Crippen LogP contribution in [0.2, 0.25) is 0 Å². The van der Waals surface area contributed by atoms with Gasteiger partial charge in [0.1, 0.15) is 12.0 Å². The second kappa shape index (κ2) is 7.88. The number of hydrogen-bond acceptors (Lipinski definition) is 5. The van der Waals surface area contributed by atoms with Crippen molar-refractivity contribution in [3.63, 3.8) is 0 Å². The van der Waals surface area contributed by atoms with Gasteiger partial charge >= 0.3 is 6.09 Å². The van der Waals surface area contributed by atoms with E-state index in [1.165, 1.54) is 13.2 Å². The number of carbonyl (C=O) groups excluding carboxylic acids is 3. The number of amides is 2. The minimum absolute atomic E-state index is 0.0639. The van der Waals surface area contributed by atoms with Crippen molar-refractivity contribution in [3.05, 3.63) is 41.7 Å². The smallest absolute Gasteiger partial charge is 0.407 e. The molecule has 1 aliphatic heterocycles. The fourth-order valence-electron chi connectivity index (χ4n) is 3.59. The monoisotopic (exact) mass is 384 g/mol. The highest BCUT2D eigenvalue weighted by atomic mass is 16.6. The Balaban J connectivity index is 2.01. The molecule has 0 saturated heterocycles. The van der Waals surface area contributed by atoms with E-state index in [0.717, 1.165) is 23.1 Å². The second-order valence-corrected chi connectivity index (χ2v) is 7.26. The zero-order valence-corrected chi connectivity index (χ0v) is 16.4. The van der Waals surface area contributed by atoms with Crippen LogP contribution < -0.4 is 10.2 Å². The lowest BCUT2D eigenvalue weighted by atomic mass is 9.90. The van der Waals surface area contributed by atoms with Gasteiger partial charge in [-0.25, -0.2) is 4.79 Å². The summed E-state index contributed by atoms with van der Waals surface area (Å²) in [6.45, 7) is 7.05. The van der Waals surface area contributed by atoms with Gasteiger partial charge < -0.3 is 19.4 Å². The van der Waals surface area contributed by atoms with Gasteiger partial charge in [-0.05, 0) is 57.0 Å². The second-order valence-electron chi connectivity index (χ2n) is 7.26. The lowest BCUT2D eigenvalue weighted by molar-refractivity contribution is -0.117. The van der Waals surface area contributed by atoms with E-state index in [4.69, 9.17) is 9.15 Å². The zero-order valence-electron chi connectivity index (χ0n) is 16.4. The molecule has 3 rings (SSSR count). The van der Waals surface area contributed by atoms with E-state index in [-0.39, 0.29) is 24.1 Å². The summed E-state index contributed by atoms with van der Waals surface area (Å²) in [5, 5.41) is 2.91. The SMILES string of the molecule is CC(=O)N1c2ccc(-c3cc(C=O)co3)cc2C(NC(=O)OC(C)C)CC1C. The molecule has 1 N–H and O–H groups in total. The molecule has 28 heavy (non-hydrogen) atoms. The number of anilines is 1. The fraction of sp³-hybridized carbons (Fsp3) is 0.381. The number of hydrogen-bond donors (Lipinski definition) is 1. The Morgan fingerprint density at radius 2 is 2.07 bits per heavy atom. The highest BCUT2D eigenvalue weighted by Gasteiger charge is 2.34. The number of nitrogens with one attached hydrogen (secondary N) is 1. The maximum Gasteiger partial charge on any atom is 0.407 e. The molecular weight excluding hydrogens is 360 g/mol. The fourth-order valence-corrected chi connectivity index (χ4v) is 3.59. The maximum atomic E-state index is 12.2. The van der Waals surface area contributed by atoms with E-state index in [0.29, 0.717) is 17.7 Å². The number of fused-ring (bicyclic) bond motifs is 1. The predicted molar refractivity (Wildman–Crippen MR) is 104 cm³/mol. The first kappa shape index (κ1) is 19.7. The number of carbonyl (C=O) groups is 3. The lowest BCUT2D eigenvalue weighted by Crippen LogP contribution is -2.45. The molecule has 0 saturated carbocycles. The molecule has 1 aliphatic rings. The minimum Gasteiger partial charge on any atom is -0.464 e. The molecular formula is C21H24N2O5. The standard InChI is InChI=1S/C21H24N2O5/c1-12(2)28-21(26)22-18-7-13(3)23(14(4)25)19-6-5-16(9-17(18)19)20-8-15(10-24)11-27-20/h5-6,8-13,18H,7H2,1-4H3,(H,22,26). The maximum absolute atomic E-state index is 12.2. The van der Waals surface area contributed by atoms with E-state index in [1.54, 1.807) is 24.8 Å². The highest BCUT2D eigenvalue weighted by molar-refractivity contribution is 5.94. The van der Waals surface area contributed by atoms with Crippen molar-refractivity contribution in [2.75, 3.05) is 4.90 Å². The largest absolute Gasteiger partial charge is 0.464 e. The number of aldehydes is 1. The number of nitrogens with zero attached hydrogens (tertiary/aromatic N) is 1. The van der Waals surface area contributed by atoms with Gasteiger partial charge in [0.05, 0.1) is 17.7 Å². The van der Waals surface area contributed by atoms with Crippen LogP contribution in [0.4, 0.5) is 10.5 Å². The molecule has 2 aromatic rings. The van der Waals surface area contributed by atoms with Crippen LogP contribution in [0.5, 0.6) is 0 Å². The van der Waals surface area contributed by atoms with Crippen molar-refractivity contribution in [1.82, 2.24) is 5.32 Å². The first-order valence-electron chi connectivity index (χ1n) is 9.25. The van der Waals surface area contributed by atoms with Crippen LogP contribution in [-0.2, 0) is 9.53 Å². The minimum atomic E-state index is -0.499. The van der Waals surface area contributed by atoms with E-state index < -0.39 is 6.09 Å². The summed E-state index contributed by atoms with van der Waals surface area (Å²) in [5.74, 6) is 0.479. The van der Waals surface area contributed by atoms with Gasteiger partial charge in [0.2, 0.25) is 5.91 Å². The van der Waals surface area contributed by atoms with E-state index in [1.807, 2.05) is 25.1 Å². The molecule has 2 atom stereocenters. The summed E-state index contributed by atoms with van der Waals surface area (Å²) in [5.41, 5.74) is 2.75. The van der Waals surface area contributed by atoms with Crippen molar-refractivity contribution in [3.8, 4) is 11.3 Å². The van der Waals surface area contributed by atoms with Crippen LogP contribution in [0.1, 0.15) is 56.1 Å². The summed E-state index contributed by atoms with van der Waals surface area (Å²) in [6.07, 6.45) is 1.94. The summed E-state index contributed by atoms with van der Waals surface area (Å²) >= 11 is 0. The van der Waals surface area contributed by atoms with E-state index in [2.05, 4.69) is 5.32 Å². The molecule has 1 aromatic carbocycles. The Morgan fingerprint density at radius 3 is 2.68 bits per heavy atom. The Hall–Kier alpha value is -3.09. The Morgan fingerprint density at radius 1 is 1.32 bits per heavy atom. The van der Waals surface area contributed by atoms with Crippen molar-refractivity contribution in [1.29, 1.82) is 0 Å². The highest BCUT2D eigenvalue weighted by Crippen LogP contribution is 2.39. The van der Waals surface area contributed by atoms with Crippen molar-refractivity contribution in [2.45, 2.75) is 52.3 Å². The van der Waals surface area contributed by atoms with Crippen LogP contribution in [0.3, 0.4) is 0 Å². The molecule has 0 aliphatic carbocycles. The summed E-state index contributed by atoms with van der Waals surface area (Å²) in [4.78, 5) is 37.0. The third kappa shape index (κ3) is 3.93. The normalized spacial score (nSPS) is 18.5. The van der Waals surface area contributed by atoms with Gasteiger partial charge in [0.25, 0.3) is 0 Å². The average molecular weight is 384 g/mol. The number of ether oxygens (including phenoxy) is 1. The molecule has 1 aromatic heterocycles. The quantitative estimate of drug-likeness (QED) is 0.803. The number of furan rings is 1. The van der Waals surface area contributed by atoms with Crippen molar-refractivity contribution in [2.24, 2.45) is 0 Å². The number of benzene rings is 1. The Labute approximate surface area is 163 Å². The molecule has 7 heteroatoms. The van der Waals surface area contributed by atoms with Gasteiger partial charge in [-0.3, -0.25) is 9.59 Å². The van der Waals surface area contributed by atoms with Crippen molar-refractivity contribution < 1.29 is 23.5 Å². The van der Waals surface area contributed by atoms with Crippen LogP contribution in [0.25, 0.3) is 11.3 Å². The van der Waals surface area contributed by atoms with E-state index >= 15 is 0 Å². The third-order valence-corrected chi connectivity index (χ3v) is 4.69. The van der Waals surface area contributed by atoms with Gasteiger partial charge in [0.15, 0.2) is 6.29 Å². The van der Waals surface area contributed by atoms with Gasteiger partial charge in [-0.15, -0.1) is 0 Å². The van der Waals surface area contributed by atoms with E-state index in [9.17, 15) is 14.4 Å². The molecule has 148 valence electrons. The summed E-state index contributed by atoms with van der Waals surface area (Å²) in [7, 11) is 0. The number of alkyl carbamates (subject to hydrolysis) is 1. The molecule has 0 radical (unpaired) electrons. The Kier molecular flexibility index (Phi) is 5.53. The summed E-state index contributed by atoms with van der Waals surface area (Å²) in [6, 6.07) is 6.82. The van der Waals surface area contributed by atoms with Gasteiger partial charge in [-0.2, -0.15) is 0 Å².